The van der Waals surface area contributed by atoms with Gasteiger partial charge in [-0.05, 0) is 48.9 Å². The minimum absolute atomic E-state index is 0.724. The largest absolute Gasteiger partial charge is 0.383 e. The SMILES string of the molecule is CCc1cc(NCCOCCC(C)C)ccc1C. The molecule has 1 aromatic carbocycles. The summed E-state index contributed by atoms with van der Waals surface area (Å²) in [6.07, 6.45) is 2.23. The molecule has 0 saturated heterocycles. The average Bonchev–Trinajstić information content (AvgIpc) is 2.35. The van der Waals surface area contributed by atoms with E-state index in [0.29, 0.717) is 0 Å². The highest BCUT2D eigenvalue weighted by atomic mass is 16.5. The summed E-state index contributed by atoms with van der Waals surface area (Å²) in [7, 11) is 0. The topological polar surface area (TPSA) is 21.3 Å². The molecule has 0 aliphatic heterocycles. The van der Waals surface area contributed by atoms with Crippen LogP contribution in [-0.4, -0.2) is 19.8 Å². The monoisotopic (exact) mass is 249 g/mol. The van der Waals surface area contributed by atoms with Crippen LogP contribution in [0.15, 0.2) is 18.2 Å². The van der Waals surface area contributed by atoms with Crippen molar-refractivity contribution in [2.24, 2.45) is 5.92 Å². The molecule has 0 spiro atoms. The van der Waals surface area contributed by atoms with E-state index in [1.807, 2.05) is 0 Å². The van der Waals surface area contributed by atoms with E-state index in [0.717, 1.165) is 38.5 Å². The Morgan fingerprint density at radius 1 is 1.22 bits per heavy atom. The van der Waals surface area contributed by atoms with Gasteiger partial charge in [0.1, 0.15) is 0 Å². The third-order valence-corrected chi connectivity index (χ3v) is 3.15. The highest BCUT2D eigenvalue weighted by Crippen LogP contribution is 2.15. The number of hydrogen-bond acceptors (Lipinski definition) is 2. The summed E-state index contributed by atoms with van der Waals surface area (Å²) >= 11 is 0. The first-order valence-corrected chi connectivity index (χ1v) is 7.04. The molecule has 0 atom stereocenters. The maximum Gasteiger partial charge on any atom is 0.0639 e. The first-order valence-electron chi connectivity index (χ1n) is 7.04. The van der Waals surface area contributed by atoms with E-state index in [-0.39, 0.29) is 0 Å². The maximum absolute atomic E-state index is 5.58. The van der Waals surface area contributed by atoms with Gasteiger partial charge in [0, 0.05) is 18.8 Å². The second-order valence-corrected chi connectivity index (χ2v) is 5.22. The summed E-state index contributed by atoms with van der Waals surface area (Å²) in [4.78, 5) is 0. The molecule has 0 saturated carbocycles. The number of benzene rings is 1. The molecule has 1 N–H and O–H groups in total. The Hall–Kier alpha value is -1.02. The lowest BCUT2D eigenvalue weighted by molar-refractivity contribution is 0.132. The van der Waals surface area contributed by atoms with Crippen LogP contribution in [0, 0.1) is 12.8 Å². The molecule has 0 bridgehead atoms. The fraction of sp³-hybridized carbons (Fsp3) is 0.625. The fourth-order valence-electron chi connectivity index (χ4n) is 1.85. The number of nitrogens with one attached hydrogen (secondary N) is 1. The predicted molar refractivity (Wildman–Crippen MR) is 79.3 cm³/mol. The molecular weight excluding hydrogens is 222 g/mol. The van der Waals surface area contributed by atoms with Gasteiger partial charge in [0.2, 0.25) is 0 Å². The Bertz CT molecular complexity index is 347. The second-order valence-electron chi connectivity index (χ2n) is 5.22. The van der Waals surface area contributed by atoms with Crippen LogP contribution in [0.4, 0.5) is 5.69 Å². The maximum atomic E-state index is 5.58. The van der Waals surface area contributed by atoms with Crippen molar-refractivity contribution in [3.63, 3.8) is 0 Å². The molecule has 1 rings (SSSR count). The van der Waals surface area contributed by atoms with Crippen molar-refractivity contribution >= 4 is 5.69 Å². The number of ether oxygens (including phenoxy) is 1. The van der Waals surface area contributed by atoms with Crippen LogP contribution in [0.2, 0.25) is 0 Å². The van der Waals surface area contributed by atoms with E-state index in [2.05, 4.69) is 51.2 Å². The quantitative estimate of drug-likeness (QED) is 0.702. The van der Waals surface area contributed by atoms with Crippen LogP contribution >= 0.6 is 0 Å². The lowest BCUT2D eigenvalue weighted by Crippen LogP contribution is -2.11. The summed E-state index contributed by atoms with van der Waals surface area (Å²) in [5, 5.41) is 3.41. The Balaban J connectivity index is 2.23. The normalized spacial score (nSPS) is 10.9. The van der Waals surface area contributed by atoms with E-state index in [1.165, 1.54) is 16.8 Å². The minimum atomic E-state index is 0.724. The third kappa shape index (κ3) is 5.54. The first-order chi connectivity index (χ1) is 8.63. The fourth-order valence-corrected chi connectivity index (χ4v) is 1.85. The van der Waals surface area contributed by atoms with Crippen molar-refractivity contribution in [3.8, 4) is 0 Å². The van der Waals surface area contributed by atoms with Crippen molar-refractivity contribution in [2.75, 3.05) is 25.1 Å². The molecule has 2 nitrogen and oxygen atoms in total. The molecule has 0 unspecified atom stereocenters. The van der Waals surface area contributed by atoms with Crippen molar-refractivity contribution in [1.82, 2.24) is 0 Å². The van der Waals surface area contributed by atoms with Crippen LogP contribution in [0.1, 0.15) is 38.3 Å². The van der Waals surface area contributed by atoms with Gasteiger partial charge in [-0.1, -0.05) is 26.8 Å². The Morgan fingerprint density at radius 2 is 2.00 bits per heavy atom. The van der Waals surface area contributed by atoms with Gasteiger partial charge < -0.3 is 10.1 Å². The molecule has 0 aliphatic rings. The van der Waals surface area contributed by atoms with Crippen LogP contribution in [0.3, 0.4) is 0 Å². The van der Waals surface area contributed by atoms with E-state index in [1.54, 1.807) is 0 Å². The van der Waals surface area contributed by atoms with Crippen LogP contribution in [0.25, 0.3) is 0 Å². The average molecular weight is 249 g/mol. The second kappa shape index (κ2) is 8.15. The minimum Gasteiger partial charge on any atom is -0.383 e. The van der Waals surface area contributed by atoms with Gasteiger partial charge in [0.25, 0.3) is 0 Å². The van der Waals surface area contributed by atoms with Gasteiger partial charge in [-0.25, -0.2) is 0 Å². The van der Waals surface area contributed by atoms with E-state index >= 15 is 0 Å². The standard InChI is InChI=1S/C16H27NO/c1-5-15-12-16(7-6-14(15)4)17-9-11-18-10-8-13(2)3/h6-7,12-13,17H,5,8-11H2,1-4H3. The van der Waals surface area contributed by atoms with E-state index < -0.39 is 0 Å². The van der Waals surface area contributed by atoms with Crippen molar-refractivity contribution < 1.29 is 4.74 Å². The molecule has 0 radical (unpaired) electrons. The first kappa shape index (κ1) is 15.0. The summed E-state index contributed by atoms with van der Waals surface area (Å²) in [6, 6.07) is 6.56. The predicted octanol–water partition coefficient (Wildman–Crippen LogP) is 4.03. The Morgan fingerprint density at radius 3 is 2.67 bits per heavy atom. The van der Waals surface area contributed by atoms with Gasteiger partial charge in [0.15, 0.2) is 0 Å². The van der Waals surface area contributed by atoms with Crippen molar-refractivity contribution in [2.45, 2.75) is 40.5 Å². The summed E-state index contributed by atoms with van der Waals surface area (Å²) in [6.45, 7) is 11.3. The van der Waals surface area contributed by atoms with Crippen LogP contribution in [0.5, 0.6) is 0 Å². The Labute approximate surface area is 112 Å². The van der Waals surface area contributed by atoms with E-state index in [4.69, 9.17) is 4.74 Å². The number of rotatable bonds is 8. The smallest absolute Gasteiger partial charge is 0.0639 e. The molecular formula is C16H27NO. The van der Waals surface area contributed by atoms with Gasteiger partial charge in [-0.2, -0.15) is 0 Å². The highest BCUT2D eigenvalue weighted by molar-refractivity contribution is 5.48. The number of aryl methyl sites for hydroxylation is 2. The molecule has 2 heteroatoms. The summed E-state index contributed by atoms with van der Waals surface area (Å²) in [5.74, 6) is 0.724. The van der Waals surface area contributed by atoms with Gasteiger partial charge in [-0.3, -0.25) is 0 Å². The van der Waals surface area contributed by atoms with Crippen LogP contribution in [-0.2, 0) is 11.2 Å². The molecule has 1 aromatic rings. The molecule has 0 aliphatic carbocycles. The molecule has 0 aromatic heterocycles. The number of hydrogen-bond donors (Lipinski definition) is 1. The highest BCUT2D eigenvalue weighted by Gasteiger charge is 1.98. The molecule has 18 heavy (non-hydrogen) atoms. The van der Waals surface area contributed by atoms with Gasteiger partial charge in [0.05, 0.1) is 6.61 Å². The Kier molecular flexibility index (Phi) is 6.81. The molecule has 0 amide bonds. The lowest BCUT2D eigenvalue weighted by atomic mass is 10.1. The zero-order valence-corrected chi connectivity index (χ0v) is 12.3. The number of anilines is 1. The zero-order valence-electron chi connectivity index (χ0n) is 12.3. The van der Waals surface area contributed by atoms with Crippen molar-refractivity contribution in [3.05, 3.63) is 29.3 Å². The van der Waals surface area contributed by atoms with Gasteiger partial charge in [-0.15, -0.1) is 0 Å². The van der Waals surface area contributed by atoms with Crippen molar-refractivity contribution in [1.29, 1.82) is 0 Å². The molecule has 0 heterocycles. The molecule has 102 valence electrons. The summed E-state index contributed by atoms with van der Waals surface area (Å²) < 4.78 is 5.58. The van der Waals surface area contributed by atoms with E-state index in [9.17, 15) is 0 Å². The summed E-state index contributed by atoms with van der Waals surface area (Å²) in [5.41, 5.74) is 3.99. The molecule has 0 fully saturated rings. The lowest BCUT2D eigenvalue weighted by Gasteiger charge is -2.10. The van der Waals surface area contributed by atoms with Crippen LogP contribution < -0.4 is 5.32 Å². The third-order valence-electron chi connectivity index (χ3n) is 3.15. The zero-order chi connectivity index (χ0) is 13.4. The van der Waals surface area contributed by atoms with Gasteiger partial charge >= 0.3 is 0 Å².